The van der Waals surface area contributed by atoms with Crippen LogP contribution in [0.5, 0.6) is 0 Å². The van der Waals surface area contributed by atoms with Crippen molar-refractivity contribution < 1.29 is 18.7 Å². The fourth-order valence-corrected chi connectivity index (χ4v) is 6.47. The molecule has 2 heterocycles. The van der Waals surface area contributed by atoms with Crippen molar-refractivity contribution in [1.82, 2.24) is 14.1 Å². The molecule has 4 N–H and O–H groups in total. The van der Waals surface area contributed by atoms with Gasteiger partial charge in [0, 0.05) is 29.6 Å². The number of amides is 1. The molecule has 0 radical (unpaired) electrons. The van der Waals surface area contributed by atoms with Crippen molar-refractivity contribution in [1.29, 1.82) is 0 Å². The monoisotopic (exact) mass is 592 g/mol. The molecule has 8 nitrogen and oxygen atoms in total. The van der Waals surface area contributed by atoms with Crippen LogP contribution in [0.25, 0.3) is 27.5 Å². The summed E-state index contributed by atoms with van der Waals surface area (Å²) in [6.45, 7) is 3.28. The Morgan fingerprint density at radius 1 is 1.12 bits per heavy atom. The molecule has 0 bridgehead atoms. The van der Waals surface area contributed by atoms with Crippen LogP contribution < -0.4 is 17.0 Å². The Morgan fingerprint density at radius 2 is 1.83 bits per heavy atom. The number of benzene rings is 3. The smallest absolute Gasteiger partial charge is 0.336 e. The number of H-pyrrole nitrogens is 1. The number of nitrogens with one attached hydrogen (secondary N) is 1. The van der Waals surface area contributed by atoms with Crippen molar-refractivity contribution in [2.45, 2.75) is 43.9 Å². The molecule has 216 valence electrons. The summed E-state index contributed by atoms with van der Waals surface area (Å²) >= 11 is 6.91. The Labute approximate surface area is 243 Å². The highest BCUT2D eigenvalue weighted by Crippen LogP contribution is 2.49. The molecule has 3 atom stereocenters. The summed E-state index contributed by atoms with van der Waals surface area (Å²) in [5.74, 6) is -3.33. The zero-order valence-electron chi connectivity index (χ0n) is 22.9. The molecule has 2 aromatic heterocycles. The average Bonchev–Trinajstić information content (AvgIpc) is 3.30. The first-order valence-electron chi connectivity index (χ1n) is 13.3. The third-order valence-electron chi connectivity index (χ3n) is 8.22. The van der Waals surface area contributed by atoms with Crippen LogP contribution in [-0.2, 0) is 17.4 Å². The number of alkyl halides is 1. The van der Waals surface area contributed by atoms with Gasteiger partial charge in [0.15, 0.2) is 0 Å². The van der Waals surface area contributed by atoms with Gasteiger partial charge < -0.3 is 15.8 Å². The lowest BCUT2D eigenvalue weighted by Gasteiger charge is -2.32. The van der Waals surface area contributed by atoms with E-state index in [-0.39, 0.29) is 28.0 Å². The summed E-state index contributed by atoms with van der Waals surface area (Å²) in [4.78, 5) is 42.5. The van der Waals surface area contributed by atoms with Gasteiger partial charge in [-0.3, -0.25) is 14.2 Å². The topological polar surface area (TPSA) is 123 Å². The molecule has 3 aromatic carbocycles. The predicted octanol–water partition coefficient (Wildman–Crippen LogP) is 4.63. The van der Waals surface area contributed by atoms with Crippen molar-refractivity contribution >= 4 is 39.3 Å². The summed E-state index contributed by atoms with van der Waals surface area (Å²) in [5, 5.41) is 11.1. The number of carbonyl (C=O) groups is 1. The summed E-state index contributed by atoms with van der Waals surface area (Å²) < 4.78 is 32.6. The van der Waals surface area contributed by atoms with Crippen molar-refractivity contribution in [3.8, 4) is 5.69 Å². The Balaban J connectivity index is 1.61. The fraction of sp³-hybridized carbons (Fsp3) is 0.258. The second kappa shape index (κ2) is 9.64. The summed E-state index contributed by atoms with van der Waals surface area (Å²) in [6.07, 6.45) is -1.81. The van der Waals surface area contributed by atoms with Crippen LogP contribution >= 0.6 is 11.6 Å². The predicted molar refractivity (Wildman–Crippen MR) is 157 cm³/mol. The highest BCUT2D eigenvalue weighted by atomic mass is 35.5. The maximum Gasteiger partial charge on any atom is 0.336 e. The molecule has 0 saturated carbocycles. The number of aryl methyl sites for hydroxylation is 1. The molecular weight excluding hydrogens is 566 g/mol. The molecule has 0 saturated heterocycles. The van der Waals surface area contributed by atoms with E-state index in [1.165, 1.54) is 25.2 Å². The van der Waals surface area contributed by atoms with Gasteiger partial charge >= 0.3 is 5.69 Å². The molecule has 0 fully saturated rings. The van der Waals surface area contributed by atoms with Gasteiger partial charge in [0.1, 0.15) is 12.0 Å². The highest BCUT2D eigenvalue weighted by Gasteiger charge is 2.42. The van der Waals surface area contributed by atoms with Gasteiger partial charge in [0.2, 0.25) is 5.91 Å². The van der Waals surface area contributed by atoms with Crippen LogP contribution in [0.4, 0.5) is 8.78 Å². The molecule has 1 unspecified atom stereocenters. The second-order valence-electron chi connectivity index (χ2n) is 11.3. The maximum absolute atomic E-state index is 16.2. The zero-order valence-corrected chi connectivity index (χ0v) is 23.7. The Hall–Kier alpha value is -4.28. The number of fused-ring (bicyclic) bond motifs is 4. The standard InChI is InChI=1S/C31H27ClF2N4O4/c1-31(2,42)14-10-11-15-21(12-14)36-26-18(28(35)39)13-20(34)23(24(15)26)16-6-5-9-22(25(16)32)38-29(40)17-7-4-8-19(33)27(17)37(3)30(38)41/h4-12,18,20,23,36,42H,13H2,1-3H3,(H2,35,39)/t18?,20-,23-/m1/s1. The van der Waals surface area contributed by atoms with E-state index >= 15 is 4.39 Å². The number of nitrogens with zero attached hydrogens (tertiary/aromatic N) is 2. The van der Waals surface area contributed by atoms with E-state index in [4.69, 9.17) is 17.3 Å². The van der Waals surface area contributed by atoms with E-state index in [0.29, 0.717) is 33.3 Å². The van der Waals surface area contributed by atoms with Crippen LogP contribution in [0.15, 0.2) is 64.2 Å². The number of carbonyl (C=O) groups excluding carboxylic acids is 1. The first-order chi connectivity index (χ1) is 19.8. The lowest BCUT2D eigenvalue weighted by atomic mass is 9.74. The molecule has 6 rings (SSSR count). The zero-order chi connectivity index (χ0) is 30.2. The number of nitrogens with two attached hydrogens (primary N) is 1. The van der Waals surface area contributed by atoms with Crippen molar-refractivity contribution in [2.24, 2.45) is 12.8 Å². The molecule has 1 aliphatic rings. The molecule has 0 aliphatic heterocycles. The molecular formula is C31H27ClF2N4O4. The van der Waals surface area contributed by atoms with Crippen LogP contribution in [0, 0.1) is 5.82 Å². The van der Waals surface area contributed by atoms with Crippen molar-refractivity contribution in [3.05, 3.63) is 109 Å². The minimum atomic E-state index is -1.60. The number of rotatable bonds is 4. The van der Waals surface area contributed by atoms with E-state index in [1.807, 2.05) is 0 Å². The summed E-state index contributed by atoms with van der Waals surface area (Å²) in [5.41, 5.74) is 5.24. The van der Waals surface area contributed by atoms with Crippen molar-refractivity contribution in [2.75, 3.05) is 0 Å². The normalized spacial score (nSPS) is 18.9. The molecule has 5 aromatic rings. The molecule has 42 heavy (non-hydrogen) atoms. The molecule has 11 heteroatoms. The second-order valence-corrected chi connectivity index (χ2v) is 11.6. The number of hydrogen-bond acceptors (Lipinski definition) is 4. The molecule has 1 amide bonds. The van der Waals surface area contributed by atoms with Gasteiger partial charge in [-0.25, -0.2) is 18.1 Å². The summed E-state index contributed by atoms with van der Waals surface area (Å²) in [6, 6.07) is 13.8. The number of aromatic amines is 1. The number of para-hydroxylation sites is 1. The SMILES string of the molecule is Cn1c(=O)n(-c2cccc([C@H]3c4c([nH]c5cc(C(C)(C)O)ccc45)C(C(N)=O)C[C@H]3F)c2Cl)c(=O)c2cccc(F)c21. The van der Waals surface area contributed by atoms with Gasteiger partial charge in [-0.05, 0) is 61.2 Å². The van der Waals surface area contributed by atoms with E-state index in [0.717, 1.165) is 15.2 Å². The first-order valence-corrected chi connectivity index (χ1v) is 13.7. The lowest BCUT2D eigenvalue weighted by Crippen LogP contribution is -2.38. The van der Waals surface area contributed by atoms with E-state index in [2.05, 4.69) is 4.98 Å². The number of primary amides is 1. The van der Waals surface area contributed by atoms with Gasteiger partial charge in [-0.15, -0.1) is 0 Å². The fourth-order valence-electron chi connectivity index (χ4n) is 6.14. The number of aromatic nitrogens is 3. The van der Waals surface area contributed by atoms with Gasteiger partial charge in [-0.1, -0.05) is 41.9 Å². The molecule has 1 aliphatic carbocycles. The van der Waals surface area contributed by atoms with E-state index in [1.54, 1.807) is 44.2 Å². The van der Waals surface area contributed by atoms with Crippen LogP contribution in [-0.4, -0.2) is 31.3 Å². The van der Waals surface area contributed by atoms with Crippen LogP contribution in [0.2, 0.25) is 5.02 Å². The highest BCUT2D eigenvalue weighted by molar-refractivity contribution is 6.33. The van der Waals surface area contributed by atoms with Gasteiger partial charge in [0.25, 0.3) is 5.56 Å². The first kappa shape index (κ1) is 27.9. The van der Waals surface area contributed by atoms with Crippen LogP contribution in [0.3, 0.4) is 0 Å². The number of hydrogen-bond donors (Lipinski definition) is 3. The van der Waals surface area contributed by atoms with Gasteiger partial charge in [0.05, 0.1) is 33.1 Å². The minimum Gasteiger partial charge on any atom is -0.386 e. The lowest BCUT2D eigenvalue weighted by molar-refractivity contribution is -0.120. The van der Waals surface area contributed by atoms with Crippen molar-refractivity contribution in [3.63, 3.8) is 0 Å². The Kier molecular flexibility index (Phi) is 6.40. The minimum absolute atomic E-state index is 0.0147. The van der Waals surface area contributed by atoms with E-state index in [9.17, 15) is 23.9 Å². The average molecular weight is 593 g/mol. The third kappa shape index (κ3) is 4.08. The quantitative estimate of drug-likeness (QED) is 0.281. The maximum atomic E-state index is 16.2. The van der Waals surface area contributed by atoms with Crippen LogP contribution in [0.1, 0.15) is 54.5 Å². The Morgan fingerprint density at radius 3 is 2.52 bits per heavy atom. The van der Waals surface area contributed by atoms with E-state index < -0.39 is 46.6 Å². The Bertz CT molecular complexity index is 2060. The third-order valence-corrected chi connectivity index (χ3v) is 8.63. The number of halogens is 3. The van der Waals surface area contributed by atoms with Gasteiger partial charge in [-0.2, -0.15) is 0 Å². The summed E-state index contributed by atoms with van der Waals surface area (Å²) in [7, 11) is 1.35. The largest absolute Gasteiger partial charge is 0.386 e. The molecule has 0 spiro atoms. The number of aliphatic hydroxyl groups is 1.